The van der Waals surface area contributed by atoms with E-state index in [0.29, 0.717) is 5.95 Å². The predicted molar refractivity (Wildman–Crippen MR) is 264 cm³/mol. The van der Waals surface area contributed by atoms with Crippen molar-refractivity contribution < 1.29 is 19.0 Å². The van der Waals surface area contributed by atoms with Crippen LogP contribution in [0.2, 0.25) is 5.28 Å². The van der Waals surface area contributed by atoms with Crippen LogP contribution in [-0.2, 0) is 14.2 Å². The molecule has 64 heavy (non-hydrogen) atoms. The molecule has 0 unspecified atom stereocenters. The zero-order valence-corrected chi connectivity index (χ0v) is 36.7. The molecule has 4 N–H and O–H groups in total. The van der Waals surface area contributed by atoms with E-state index < -0.39 is 11.7 Å². The highest BCUT2D eigenvalue weighted by Gasteiger charge is 2.21. The molecule has 2 saturated heterocycles. The van der Waals surface area contributed by atoms with Gasteiger partial charge in [0.25, 0.3) is 0 Å². The van der Waals surface area contributed by atoms with Crippen LogP contribution < -0.4 is 31.1 Å². The average molecular weight is 892 g/mol. The molecule has 340 valence electrons. The van der Waals surface area contributed by atoms with E-state index in [2.05, 4.69) is 88.9 Å². The number of rotatable bonds is 8. The van der Waals surface area contributed by atoms with Crippen molar-refractivity contribution in [2.75, 3.05) is 97.8 Å². The quantitative estimate of drug-likeness (QED) is 0.0981. The normalized spacial score (nSPS) is 13.3. The van der Waals surface area contributed by atoms with Gasteiger partial charge in [0, 0.05) is 97.9 Å². The van der Waals surface area contributed by atoms with Gasteiger partial charge >= 0.3 is 6.09 Å². The van der Waals surface area contributed by atoms with Crippen molar-refractivity contribution in [1.82, 2.24) is 19.9 Å². The Labute approximate surface area is 383 Å². The minimum absolute atomic E-state index is 0. The lowest BCUT2D eigenvalue weighted by Gasteiger charge is -2.28. The first-order valence-electron chi connectivity index (χ1n) is 20.5. The lowest BCUT2D eigenvalue weighted by atomic mass is 10.1. The van der Waals surface area contributed by atoms with Crippen LogP contribution >= 0.6 is 11.6 Å². The third-order valence-electron chi connectivity index (χ3n) is 9.74. The highest BCUT2D eigenvalue weighted by atomic mass is 35.5. The lowest BCUT2D eigenvalue weighted by molar-refractivity contribution is 0.0589. The Kier molecular flexibility index (Phi) is 19.1. The molecule has 2 aliphatic heterocycles. The number of nitrogen functional groups attached to an aromatic ring is 1. The number of ether oxygens (including phenoxy) is 3. The summed E-state index contributed by atoms with van der Waals surface area (Å²) in [7, 11) is 3.58. The summed E-state index contributed by atoms with van der Waals surface area (Å²) in [6, 6.07) is 35.6. The standard InChI is InChI=1S/C21H23N5O.C16H18ClN3O2.C10H14N2O.2CH4/c1-22-17-4-2-16(3-5-17)20-10-11-23-21(25-20)24-18-6-8-19(9-7-18)26-12-14-27-15-13-26;1-16(2,3)22-15(21)20(4)12-7-5-11(6-8-12)13-9-10-18-14(17)19-13;11-9-1-3-10(4-2-9)12-5-7-13-8-6-12;;/h2-11,22H,12-15H2,1H3,(H,23,24,25);5-10H,1-4H3;1-4H,5-8,11H2;2*1H4. The van der Waals surface area contributed by atoms with Crippen LogP contribution in [0.3, 0.4) is 0 Å². The maximum absolute atomic E-state index is 12.0. The third kappa shape index (κ3) is 15.1. The minimum atomic E-state index is -0.525. The fraction of sp³-hybridized carbons (Fsp3) is 0.327. The van der Waals surface area contributed by atoms with Gasteiger partial charge in [-0.15, -0.1) is 0 Å². The van der Waals surface area contributed by atoms with Crippen molar-refractivity contribution in [3.05, 3.63) is 127 Å². The van der Waals surface area contributed by atoms with Crippen molar-refractivity contribution in [3.63, 3.8) is 0 Å². The molecule has 0 aliphatic carbocycles. The number of nitrogens with one attached hydrogen (secondary N) is 2. The number of aromatic nitrogens is 4. The van der Waals surface area contributed by atoms with Gasteiger partial charge in [-0.3, -0.25) is 4.90 Å². The summed E-state index contributed by atoms with van der Waals surface area (Å²) in [6.07, 6.45) is 2.98. The van der Waals surface area contributed by atoms with Gasteiger partial charge < -0.3 is 40.4 Å². The fourth-order valence-electron chi connectivity index (χ4n) is 6.39. The van der Waals surface area contributed by atoms with Crippen LogP contribution in [0.4, 0.5) is 44.9 Å². The first kappa shape index (κ1) is 50.2. The molecule has 2 aromatic heterocycles. The number of carbonyl (C=O) groups is 1. The van der Waals surface area contributed by atoms with E-state index in [-0.39, 0.29) is 20.1 Å². The maximum atomic E-state index is 12.0. The summed E-state index contributed by atoms with van der Waals surface area (Å²) in [6.45, 7) is 12.5. The van der Waals surface area contributed by atoms with Crippen LogP contribution in [-0.4, -0.2) is 98.3 Å². The van der Waals surface area contributed by atoms with E-state index >= 15 is 0 Å². The molecule has 4 heterocycles. The number of hydrogen-bond donors (Lipinski definition) is 3. The molecule has 14 nitrogen and oxygen atoms in total. The molecule has 6 aromatic rings. The second-order valence-electron chi connectivity index (χ2n) is 15.4. The number of benzene rings is 4. The van der Waals surface area contributed by atoms with E-state index in [1.165, 1.54) is 16.3 Å². The highest BCUT2D eigenvalue weighted by molar-refractivity contribution is 6.28. The number of hydrogen-bond acceptors (Lipinski definition) is 13. The summed E-state index contributed by atoms with van der Waals surface area (Å²) in [5, 5.41) is 6.61. The molecule has 0 saturated carbocycles. The zero-order chi connectivity index (χ0) is 43.9. The molecular weight excluding hydrogens is 828 g/mol. The SMILES string of the molecule is C.C.CN(C(=O)OC(C)(C)C)c1ccc(-c2ccnc(Cl)n2)cc1.CNc1ccc(-c2ccnc(Nc3ccc(N4CCOCC4)cc3)n2)cc1.Nc1ccc(N2CCOCC2)cc1. The van der Waals surface area contributed by atoms with Crippen LogP contribution in [0.15, 0.2) is 122 Å². The molecule has 1 amide bonds. The smallest absolute Gasteiger partial charge is 0.414 e. The topological polar surface area (TPSA) is 156 Å². The third-order valence-corrected chi connectivity index (χ3v) is 9.92. The molecule has 8 rings (SSSR count). The van der Waals surface area contributed by atoms with Crippen LogP contribution in [0.1, 0.15) is 35.6 Å². The van der Waals surface area contributed by atoms with Crippen molar-refractivity contribution in [2.45, 2.75) is 41.2 Å². The predicted octanol–water partition coefficient (Wildman–Crippen LogP) is 10.3. The molecular formula is C49H63ClN10O4. The molecule has 4 aromatic carbocycles. The summed E-state index contributed by atoms with van der Waals surface area (Å²) in [5.74, 6) is 0.587. The van der Waals surface area contributed by atoms with E-state index in [0.717, 1.165) is 97.9 Å². The minimum Gasteiger partial charge on any atom is -0.443 e. The van der Waals surface area contributed by atoms with Crippen molar-refractivity contribution in [2.24, 2.45) is 0 Å². The van der Waals surface area contributed by atoms with Gasteiger partial charge in [0.15, 0.2) is 0 Å². The first-order valence-corrected chi connectivity index (χ1v) is 20.9. The highest BCUT2D eigenvalue weighted by Crippen LogP contribution is 2.25. The van der Waals surface area contributed by atoms with Gasteiger partial charge in [0.1, 0.15) is 5.60 Å². The van der Waals surface area contributed by atoms with Gasteiger partial charge in [0.2, 0.25) is 11.2 Å². The number of anilines is 7. The summed E-state index contributed by atoms with van der Waals surface area (Å²) >= 11 is 5.79. The summed E-state index contributed by atoms with van der Waals surface area (Å²) in [4.78, 5) is 35.1. The summed E-state index contributed by atoms with van der Waals surface area (Å²) in [5.41, 5.74) is 14.7. The van der Waals surface area contributed by atoms with E-state index in [1.807, 2.05) is 82.4 Å². The molecule has 0 bridgehead atoms. The average Bonchev–Trinajstić information content (AvgIpc) is 3.30. The second kappa shape index (κ2) is 24.4. The zero-order valence-electron chi connectivity index (χ0n) is 35.9. The van der Waals surface area contributed by atoms with E-state index in [4.69, 9.17) is 31.5 Å². The monoisotopic (exact) mass is 890 g/mol. The van der Waals surface area contributed by atoms with Gasteiger partial charge in [-0.1, -0.05) is 39.1 Å². The molecule has 0 radical (unpaired) electrons. The first-order chi connectivity index (χ1) is 29.9. The van der Waals surface area contributed by atoms with Gasteiger partial charge in [-0.25, -0.2) is 24.7 Å². The molecule has 2 aliphatic rings. The number of nitrogens with two attached hydrogens (primary N) is 1. The van der Waals surface area contributed by atoms with E-state index in [9.17, 15) is 4.79 Å². The van der Waals surface area contributed by atoms with Crippen molar-refractivity contribution in [3.8, 4) is 22.5 Å². The Balaban J connectivity index is 0.000000219. The number of amides is 1. The largest absolute Gasteiger partial charge is 0.443 e. The number of morpholine rings is 2. The Hall–Kier alpha value is -6.48. The van der Waals surface area contributed by atoms with E-state index in [1.54, 1.807) is 25.5 Å². The van der Waals surface area contributed by atoms with Crippen molar-refractivity contribution >= 4 is 57.8 Å². The fourth-order valence-corrected chi connectivity index (χ4v) is 6.53. The summed E-state index contributed by atoms with van der Waals surface area (Å²) < 4.78 is 16.0. The van der Waals surface area contributed by atoms with Gasteiger partial charge in [0.05, 0.1) is 37.8 Å². The molecule has 15 heteroatoms. The Bertz CT molecular complexity index is 2300. The van der Waals surface area contributed by atoms with Crippen molar-refractivity contribution in [1.29, 1.82) is 0 Å². The van der Waals surface area contributed by atoms with Crippen LogP contribution in [0.25, 0.3) is 22.5 Å². The Morgan fingerprint density at radius 2 is 1.16 bits per heavy atom. The second-order valence-corrected chi connectivity index (χ2v) is 15.7. The van der Waals surface area contributed by atoms with Gasteiger partial charge in [-0.05, 0) is 117 Å². The number of nitrogens with zero attached hydrogens (tertiary/aromatic N) is 7. The lowest BCUT2D eigenvalue weighted by Crippen LogP contribution is -2.36. The van der Waals surface area contributed by atoms with Gasteiger partial charge in [-0.2, -0.15) is 0 Å². The van der Waals surface area contributed by atoms with Crippen LogP contribution in [0, 0.1) is 0 Å². The molecule has 0 atom stereocenters. The van der Waals surface area contributed by atoms with Crippen LogP contribution in [0.5, 0.6) is 0 Å². The number of carbonyl (C=O) groups excluding carboxylic acids is 1. The molecule has 0 spiro atoms. The molecule has 2 fully saturated rings. The Morgan fingerprint density at radius 1 is 0.688 bits per heavy atom. The Morgan fingerprint density at radius 3 is 1.66 bits per heavy atom. The maximum Gasteiger partial charge on any atom is 0.414 e. The number of halogens is 1.